The van der Waals surface area contributed by atoms with Gasteiger partial charge in [-0.1, -0.05) is 6.58 Å². The maximum atomic E-state index is 10.6. The molecule has 1 heterocycles. The average molecular weight is 202 g/mol. The van der Waals surface area contributed by atoms with E-state index in [2.05, 4.69) is 11.6 Å². The molecule has 0 amide bonds. The number of aromatic nitrogens is 1. The van der Waals surface area contributed by atoms with Gasteiger partial charge in [0.15, 0.2) is 0 Å². The molecule has 1 aromatic carbocycles. The van der Waals surface area contributed by atoms with Crippen LogP contribution in [0.2, 0.25) is 0 Å². The second-order valence-electron chi connectivity index (χ2n) is 3.47. The number of aromatic amines is 1. The molecule has 1 aromatic heterocycles. The molecule has 0 saturated carbocycles. The lowest BCUT2D eigenvalue weighted by Gasteiger charge is -1.96. The number of hydrogen-bond acceptors (Lipinski definition) is 2. The Bertz CT molecular complexity index is 555. The van der Waals surface area contributed by atoms with Crippen molar-refractivity contribution in [2.24, 2.45) is 0 Å². The lowest BCUT2D eigenvalue weighted by atomic mass is 10.1. The van der Waals surface area contributed by atoms with Crippen molar-refractivity contribution in [3.63, 3.8) is 0 Å². The van der Waals surface area contributed by atoms with E-state index in [9.17, 15) is 10.1 Å². The van der Waals surface area contributed by atoms with Gasteiger partial charge < -0.3 is 4.98 Å². The Balaban J connectivity index is 2.72. The molecule has 0 aliphatic carbocycles. The molecule has 0 fully saturated rings. The molecule has 2 rings (SSSR count). The molecular formula is C11H10N2O2. The number of nitrogens with one attached hydrogen (secondary N) is 1. The monoisotopic (exact) mass is 202 g/mol. The van der Waals surface area contributed by atoms with Crippen molar-refractivity contribution in [1.82, 2.24) is 4.98 Å². The third-order valence-electron chi connectivity index (χ3n) is 2.34. The standard InChI is InChI=1S/C11H10N2O2/c1-7(2)10-6-12-11-4-3-8(13(14)15)5-9(10)11/h3-6,12H,1H2,2H3. The fourth-order valence-electron chi connectivity index (χ4n) is 1.58. The normalized spacial score (nSPS) is 10.5. The highest BCUT2D eigenvalue weighted by atomic mass is 16.6. The van der Waals surface area contributed by atoms with Crippen molar-refractivity contribution in [2.45, 2.75) is 6.92 Å². The number of benzene rings is 1. The zero-order valence-electron chi connectivity index (χ0n) is 8.28. The summed E-state index contributed by atoms with van der Waals surface area (Å²) in [5, 5.41) is 11.5. The minimum absolute atomic E-state index is 0.101. The summed E-state index contributed by atoms with van der Waals surface area (Å²) < 4.78 is 0. The average Bonchev–Trinajstić information content (AvgIpc) is 2.59. The molecule has 0 aliphatic heterocycles. The van der Waals surface area contributed by atoms with Crippen molar-refractivity contribution in [3.05, 3.63) is 46.7 Å². The van der Waals surface area contributed by atoms with Crippen molar-refractivity contribution in [2.75, 3.05) is 0 Å². The second kappa shape index (κ2) is 3.24. The number of nitro groups is 1. The molecule has 0 unspecified atom stereocenters. The van der Waals surface area contributed by atoms with E-state index in [0.717, 1.165) is 22.0 Å². The smallest absolute Gasteiger partial charge is 0.270 e. The van der Waals surface area contributed by atoms with Crippen LogP contribution in [0.15, 0.2) is 31.0 Å². The summed E-state index contributed by atoms with van der Waals surface area (Å²) in [5.74, 6) is 0. The molecule has 0 atom stereocenters. The van der Waals surface area contributed by atoms with Crippen LogP contribution in [0.5, 0.6) is 0 Å². The van der Waals surface area contributed by atoms with E-state index in [1.807, 2.05) is 13.1 Å². The molecule has 0 bridgehead atoms. The topological polar surface area (TPSA) is 58.9 Å². The molecule has 0 aliphatic rings. The van der Waals surface area contributed by atoms with Crippen LogP contribution < -0.4 is 0 Å². The van der Waals surface area contributed by atoms with E-state index < -0.39 is 4.92 Å². The van der Waals surface area contributed by atoms with Gasteiger partial charge in [-0.2, -0.15) is 0 Å². The van der Waals surface area contributed by atoms with Gasteiger partial charge in [0.25, 0.3) is 5.69 Å². The number of fused-ring (bicyclic) bond motifs is 1. The molecule has 76 valence electrons. The first-order valence-corrected chi connectivity index (χ1v) is 4.51. The van der Waals surface area contributed by atoms with E-state index in [0.29, 0.717) is 0 Å². The van der Waals surface area contributed by atoms with Crippen LogP contribution in [0.25, 0.3) is 16.5 Å². The highest BCUT2D eigenvalue weighted by molar-refractivity contribution is 5.93. The molecule has 0 radical (unpaired) electrons. The van der Waals surface area contributed by atoms with Gasteiger partial charge in [0.05, 0.1) is 4.92 Å². The summed E-state index contributed by atoms with van der Waals surface area (Å²) in [6.45, 7) is 5.71. The number of nitrogens with zero attached hydrogens (tertiary/aromatic N) is 1. The van der Waals surface area contributed by atoms with Crippen molar-refractivity contribution in [3.8, 4) is 0 Å². The molecule has 4 heteroatoms. The van der Waals surface area contributed by atoms with Gasteiger partial charge in [-0.3, -0.25) is 10.1 Å². The second-order valence-corrected chi connectivity index (χ2v) is 3.47. The van der Waals surface area contributed by atoms with E-state index in [1.165, 1.54) is 6.07 Å². The third kappa shape index (κ3) is 1.50. The van der Waals surface area contributed by atoms with Crippen LogP contribution in [-0.4, -0.2) is 9.91 Å². The first kappa shape index (κ1) is 9.45. The predicted octanol–water partition coefficient (Wildman–Crippen LogP) is 3.11. The summed E-state index contributed by atoms with van der Waals surface area (Å²) >= 11 is 0. The van der Waals surface area contributed by atoms with E-state index >= 15 is 0 Å². The van der Waals surface area contributed by atoms with E-state index in [-0.39, 0.29) is 5.69 Å². The van der Waals surface area contributed by atoms with Crippen LogP contribution in [0.1, 0.15) is 12.5 Å². The fourth-order valence-corrected chi connectivity index (χ4v) is 1.58. The molecule has 2 aromatic rings. The number of rotatable bonds is 2. The van der Waals surface area contributed by atoms with Gasteiger partial charge in [0.1, 0.15) is 0 Å². The SMILES string of the molecule is C=C(C)c1c[nH]c2ccc([N+](=O)[O-])cc12. The number of hydrogen-bond donors (Lipinski definition) is 1. The first-order valence-electron chi connectivity index (χ1n) is 4.51. The Morgan fingerprint density at radius 3 is 2.87 bits per heavy atom. The highest BCUT2D eigenvalue weighted by Gasteiger charge is 2.10. The number of nitro benzene ring substituents is 1. The predicted molar refractivity (Wildman–Crippen MR) is 59.7 cm³/mol. The Morgan fingerprint density at radius 1 is 1.53 bits per heavy atom. The molecule has 4 nitrogen and oxygen atoms in total. The Hall–Kier alpha value is -2.10. The number of H-pyrrole nitrogens is 1. The van der Waals surface area contributed by atoms with Gasteiger partial charge in [-0.15, -0.1) is 0 Å². The quantitative estimate of drug-likeness (QED) is 0.600. The molecule has 1 N–H and O–H groups in total. The maximum Gasteiger partial charge on any atom is 0.270 e. The summed E-state index contributed by atoms with van der Waals surface area (Å²) in [6, 6.07) is 4.76. The Kier molecular flexibility index (Phi) is 2.04. The maximum absolute atomic E-state index is 10.6. The minimum atomic E-state index is -0.394. The molecule has 15 heavy (non-hydrogen) atoms. The zero-order chi connectivity index (χ0) is 11.0. The Labute approximate surface area is 86.4 Å². The Morgan fingerprint density at radius 2 is 2.27 bits per heavy atom. The summed E-state index contributed by atoms with van der Waals surface area (Å²) in [5.41, 5.74) is 2.80. The van der Waals surface area contributed by atoms with Crippen LogP contribution in [0.4, 0.5) is 5.69 Å². The first-order chi connectivity index (χ1) is 7.09. The zero-order valence-corrected chi connectivity index (χ0v) is 8.28. The highest BCUT2D eigenvalue weighted by Crippen LogP contribution is 2.27. The van der Waals surface area contributed by atoms with E-state index in [4.69, 9.17) is 0 Å². The third-order valence-corrected chi connectivity index (χ3v) is 2.34. The molecular weight excluding hydrogens is 192 g/mol. The van der Waals surface area contributed by atoms with Gasteiger partial charge in [-0.25, -0.2) is 0 Å². The van der Waals surface area contributed by atoms with Crippen LogP contribution >= 0.6 is 0 Å². The van der Waals surface area contributed by atoms with Crippen LogP contribution in [-0.2, 0) is 0 Å². The molecule has 0 saturated heterocycles. The largest absolute Gasteiger partial charge is 0.361 e. The number of non-ortho nitro benzene ring substituents is 1. The summed E-state index contributed by atoms with van der Waals surface area (Å²) in [4.78, 5) is 13.3. The van der Waals surface area contributed by atoms with Crippen molar-refractivity contribution >= 4 is 22.2 Å². The van der Waals surface area contributed by atoms with Gasteiger partial charge in [0.2, 0.25) is 0 Å². The van der Waals surface area contributed by atoms with E-state index in [1.54, 1.807) is 12.1 Å². The molecule has 0 spiro atoms. The van der Waals surface area contributed by atoms with Gasteiger partial charge in [-0.05, 0) is 18.6 Å². The van der Waals surface area contributed by atoms with Crippen LogP contribution in [0, 0.1) is 10.1 Å². The van der Waals surface area contributed by atoms with Crippen LogP contribution in [0.3, 0.4) is 0 Å². The summed E-state index contributed by atoms with van der Waals surface area (Å²) in [6.07, 6.45) is 1.82. The number of allylic oxidation sites excluding steroid dienone is 1. The van der Waals surface area contributed by atoms with Gasteiger partial charge >= 0.3 is 0 Å². The van der Waals surface area contributed by atoms with Gasteiger partial charge in [0, 0.05) is 34.8 Å². The van der Waals surface area contributed by atoms with Crippen molar-refractivity contribution in [1.29, 1.82) is 0 Å². The summed E-state index contributed by atoms with van der Waals surface area (Å²) in [7, 11) is 0. The fraction of sp³-hybridized carbons (Fsp3) is 0.0909. The lowest BCUT2D eigenvalue weighted by molar-refractivity contribution is -0.384. The van der Waals surface area contributed by atoms with Crippen molar-refractivity contribution < 1.29 is 4.92 Å². The minimum Gasteiger partial charge on any atom is -0.361 e. The lowest BCUT2D eigenvalue weighted by Crippen LogP contribution is -1.87.